The van der Waals surface area contributed by atoms with Gasteiger partial charge in [-0.1, -0.05) is 6.07 Å². The van der Waals surface area contributed by atoms with Gasteiger partial charge in [0.25, 0.3) is 0 Å². The quantitative estimate of drug-likeness (QED) is 0.831. The molecule has 7 heteroatoms. The summed E-state index contributed by atoms with van der Waals surface area (Å²) in [6.07, 6.45) is 2.84. The van der Waals surface area contributed by atoms with Crippen molar-refractivity contribution in [3.8, 4) is 0 Å². The van der Waals surface area contributed by atoms with Gasteiger partial charge in [-0.05, 0) is 19.1 Å². The molecule has 0 bridgehead atoms. The number of ether oxygens (including phenoxy) is 1. The lowest BCUT2D eigenvalue weighted by atomic mass is 10.2. The Hall–Kier alpha value is -2.28. The van der Waals surface area contributed by atoms with Crippen LogP contribution >= 0.6 is 0 Å². The van der Waals surface area contributed by atoms with Crippen molar-refractivity contribution >= 4 is 5.97 Å². The molecule has 0 fully saturated rings. The molecule has 2 aromatic heterocycles. The van der Waals surface area contributed by atoms with E-state index >= 15 is 0 Å². The lowest BCUT2D eigenvalue weighted by Gasteiger charge is -2.15. The molecule has 0 saturated heterocycles. The summed E-state index contributed by atoms with van der Waals surface area (Å²) in [6.45, 7) is 1.25. The van der Waals surface area contributed by atoms with Crippen molar-refractivity contribution in [3.63, 3.8) is 0 Å². The van der Waals surface area contributed by atoms with Crippen LogP contribution < -0.4 is 0 Å². The first-order valence-corrected chi connectivity index (χ1v) is 6.06. The zero-order valence-electron chi connectivity index (χ0n) is 10.9. The molecule has 2 heterocycles. The monoisotopic (exact) mass is 279 g/mol. The van der Waals surface area contributed by atoms with E-state index in [0.29, 0.717) is 5.69 Å². The minimum absolute atomic E-state index is 0.193. The molecule has 2 rings (SSSR count). The maximum absolute atomic E-state index is 13.6. The first-order valence-electron chi connectivity index (χ1n) is 6.06. The standard InChI is InChI=1S/C13H14FN3O3/c1-9(10-4-2-3-5-15-10)17-8-16-12(14)11(17)13(19)20-7-6-18/h2-5,8-9,18H,6-7H2,1H3/t9-/m1/s1. The van der Waals surface area contributed by atoms with Gasteiger partial charge in [0.15, 0.2) is 5.69 Å². The molecule has 0 aliphatic carbocycles. The number of rotatable bonds is 5. The Morgan fingerprint density at radius 2 is 2.30 bits per heavy atom. The predicted octanol–water partition coefficient (Wildman–Crippen LogP) is 1.18. The Morgan fingerprint density at radius 3 is 2.95 bits per heavy atom. The maximum atomic E-state index is 13.6. The van der Waals surface area contributed by atoms with E-state index in [1.165, 1.54) is 10.9 Å². The molecule has 0 spiro atoms. The van der Waals surface area contributed by atoms with Crippen LogP contribution in [0.25, 0.3) is 0 Å². The fourth-order valence-corrected chi connectivity index (χ4v) is 1.79. The van der Waals surface area contributed by atoms with E-state index in [1.807, 2.05) is 0 Å². The third kappa shape index (κ3) is 2.83. The molecule has 6 nitrogen and oxygen atoms in total. The highest BCUT2D eigenvalue weighted by molar-refractivity contribution is 5.87. The number of carbonyl (C=O) groups excluding carboxylic acids is 1. The fourth-order valence-electron chi connectivity index (χ4n) is 1.79. The van der Waals surface area contributed by atoms with Gasteiger partial charge in [-0.25, -0.2) is 9.78 Å². The van der Waals surface area contributed by atoms with Crippen molar-refractivity contribution in [2.24, 2.45) is 0 Å². The molecule has 0 unspecified atom stereocenters. The topological polar surface area (TPSA) is 77.2 Å². The molecule has 0 aliphatic heterocycles. The van der Waals surface area contributed by atoms with E-state index in [0.717, 1.165) is 0 Å². The Kier molecular flexibility index (Phi) is 4.41. The minimum Gasteiger partial charge on any atom is -0.458 e. The van der Waals surface area contributed by atoms with Gasteiger partial charge >= 0.3 is 5.97 Å². The number of pyridine rings is 1. The summed E-state index contributed by atoms with van der Waals surface area (Å²) < 4.78 is 19.7. The average Bonchev–Trinajstić information content (AvgIpc) is 2.86. The highest BCUT2D eigenvalue weighted by Gasteiger charge is 2.24. The van der Waals surface area contributed by atoms with Gasteiger partial charge in [0.05, 0.1) is 24.7 Å². The van der Waals surface area contributed by atoms with E-state index in [-0.39, 0.29) is 24.9 Å². The first-order chi connectivity index (χ1) is 9.65. The number of carbonyl (C=O) groups is 1. The molecule has 0 radical (unpaired) electrons. The number of halogens is 1. The highest BCUT2D eigenvalue weighted by atomic mass is 19.1. The van der Waals surface area contributed by atoms with Crippen molar-refractivity contribution in [2.75, 3.05) is 13.2 Å². The van der Waals surface area contributed by atoms with Crippen LogP contribution in [0.2, 0.25) is 0 Å². The number of imidazole rings is 1. The molecular weight excluding hydrogens is 265 g/mol. The van der Waals surface area contributed by atoms with Crippen molar-refractivity contribution in [3.05, 3.63) is 48.1 Å². The molecule has 0 saturated carbocycles. The SMILES string of the molecule is C[C@H](c1ccccn1)n1cnc(F)c1C(=O)OCCO. The Bertz CT molecular complexity index is 586. The van der Waals surface area contributed by atoms with Gasteiger partial charge in [0.2, 0.25) is 5.95 Å². The number of aromatic nitrogens is 3. The number of hydrogen-bond donors (Lipinski definition) is 1. The van der Waals surface area contributed by atoms with E-state index in [1.54, 1.807) is 31.3 Å². The summed E-state index contributed by atoms with van der Waals surface area (Å²) in [5.74, 6) is -1.77. The molecule has 0 aliphatic rings. The molecule has 106 valence electrons. The maximum Gasteiger partial charge on any atom is 0.359 e. The molecule has 1 N–H and O–H groups in total. The van der Waals surface area contributed by atoms with E-state index in [9.17, 15) is 9.18 Å². The number of nitrogens with zero attached hydrogens (tertiary/aromatic N) is 3. The smallest absolute Gasteiger partial charge is 0.359 e. The molecule has 0 aromatic carbocycles. The summed E-state index contributed by atoms with van der Waals surface area (Å²) in [7, 11) is 0. The van der Waals surface area contributed by atoms with Gasteiger partial charge in [-0.2, -0.15) is 4.39 Å². The van der Waals surface area contributed by atoms with Gasteiger partial charge < -0.3 is 14.4 Å². The second-order valence-corrected chi connectivity index (χ2v) is 4.08. The van der Waals surface area contributed by atoms with Crippen molar-refractivity contribution in [2.45, 2.75) is 13.0 Å². The van der Waals surface area contributed by atoms with Crippen LogP contribution in [-0.4, -0.2) is 38.8 Å². The van der Waals surface area contributed by atoms with Crippen LogP contribution in [-0.2, 0) is 4.74 Å². The summed E-state index contributed by atoms with van der Waals surface area (Å²) in [5.41, 5.74) is 0.387. The number of aliphatic hydroxyl groups is 1. The summed E-state index contributed by atoms with van der Waals surface area (Å²) >= 11 is 0. The van der Waals surface area contributed by atoms with Crippen LogP contribution in [0.15, 0.2) is 30.7 Å². The number of aliphatic hydroxyl groups excluding tert-OH is 1. The molecule has 20 heavy (non-hydrogen) atoms. The lowest BCUT2D eigenvalue weighted by molar-refractivity contribution is 0.0414. The Morgan fingerprint density at radius 1 is 1.50 bits per heavy atom. The molecule has 0 amide bonds. The van der Waals surface area contributed by atoms with Crippen LogP contribution in [0.3, 0.4) is 0 Å². The van der Waals surface area contributed by atoms with Crippen molar-refractivity contribution in [1.29, 1.82) is 0 Å². The zero-order valence-corrected chi connectivity index (χ0v) is 10.9. The minimum atomic E-state index is -0.907. The second kappa shape index (κ2) is 6.25. The fraction of sp³-hybridized carbons (Fsp3) is 0.308. The highest BCUT2D eigenvalue weighted by Crippen LogP contribution is 2.19. The summed E-state index contributed by atoms with van der Waals surface area (Å²) in [6, 6.07) is 4.97. The Labute approximate surface area is 114 Å². The number of hydrogen-bond acceptors (Lipinski definition) is 5. The van der Waals surface area contributed by atoms with Gasteiger partial charge in [0, 0.05) is 6.20 Å². The van der Waals surface area contributed by atoms with Crippen LogP contribution in [0.1, 0.15) is 29.1 Å². The van der Waals surface area contributed by atoms with Crippen molar-refractivity contribution < 1.29 is 19.0 Å². The van der Waals surface area contributed by atoms with Gasteiger partial charge in [0.1, 0.15) is 6.61 Å². The third-order valence-electron chi connectivity index (χ3n) is 2.80. The molecule has 1 atom stereocenters. The second-order valence-electron chi connectivity index (χ2n) is 4.08. The van der Waals surface area contributed by atoms with E-state index < -0.39 is 11.9 Å². The van der Waals surface area contributed by atoms with E-state index in [4.69, 9.17) is 9.84 Å². The van der Waals surface area contributed by atoms with E-state index in [2.05, 4.69) is 9.97 Å². The zero-order chi connectivity index (χ0) is 14.5. The van der Waals surface area contributed by atoms with Crippen LogP contribution in [0.4, 0.5) is 4.39 Å². The summed E-state index contributed by atoms with van der Waals surface area (Å²) in [5, 5.41) is 8.64. The predicted molar refractivity (Wildman–Crippen MR) is 67.6 cm³/mol. The van der Waals surface area contributed by atoms with Gasteiger partial charge in [-0.15, -0.1) is 0 Å². The average molecular weight is 279 g/mol. The summed E-state index contributed by atoms with van der Waals surface area (Å²) in [4.78, 5) is 19.4. The largest absolute Gasteiger partial charge is 0.458 e. The molecule has 2 aromatic rings. The third-order valence-corrected chi connectivity index (χ3v) is 2.80. The first kappa shape index (κ1) is 14.1. The van der Waals surface area contributed by atoms with Crippen molar-refractivity contribution in [1.82, 2.24) is 14.5 Å². The number of esters is 1. The van der Waals surface area contributed by atoms with Crippen LogP contribution in [0, 0.1) is 5.95 Å². The lowest BCUT2D eigenvalue weighted by Crippen LogP contribution is -2.18. The molecular formula is C13H14FN3O3. The van der Waals surface area contributed by atoms with Gasteiger partial charge in [-0.3, -0.25) is 4.98 Å². The Balaban J connectivity index is 2.31. The van der Waals surface area contributed by atoms with Crippen LogP contribution in [0.5, 0.6) is 0 Å². The normalized spacial score (nSPS) is 12.2.